The molecule has 2 heterocycles. The average molecular weight is 373 g/mol. The zero-order valence-corrected chi connectivity index (χ0v) is 13.5. The number of carbonyl (C=O) groups is 2. The van der Waals surface area contributed by atoms with Crippen molar-refractivity contribution in [1.82, 2.24) is 4.98 Å². The molecule has 12 heteroatoms. The van der Waals surface area contributed by atoms with E-state index >= 15 is 0 Å². The van der Waals surface area contributed by atoms with Gasteiger partial charge in [0.15, 0.2) is 12.4 Å². The van der Waals surface area contributed by atoms with Gasteiger partial charge in [0.1, 0.15) is 6.54 Å². The first-order valence-corrected chi connectivity index (χ1v) is 7.48. The van der Waals surface area contributed by atoms with Gasteiger partial charge in [0.05, 0.1) is 4.92 Å². The number of amides is 2. The lowest BCUT2D eigenvalue weighted by atomic mass is 10.2. The van der Waals surface area contributed by atoms with Gasteiger partial charge >= 0.3 is 5.82 Å². The molecule has 0 unspecified atom stereocenters. The van der Waals surface area contributed by atoms with Crippen molar-refractivity contribution in [3.63, 3.8) is 0 Å². The van der Waals surface area contributed by atoms with Crippen LogP contribution in [0.2, 0.25) is 0 Å². The topological polar surface area (TPSA) is 158 Å². The van der Waals surface area contributed by atoms with E-state index in [9.17, 15) is 29.8 Å². The number of benzene rings is 1. The van der Waals surface area contributed by atoms with E-state index in [1.807, 2.05) is 0 Å². The fraction of sp³-hybridized carbons (Fsp3) is 0.133. The molecule has 0 radical (unpaired) electrons. The molecule has 0 fully saturated rings. The molecule has 0 saturated carbocycles. The molecule has 1 aromatic carbocycles. The van der Waals surface area contributed by atoms with Crippen molar-refractivity contribution in [3.05, 3.63) is 56.6 Å². The van der Waals surface area contributed by atoms with E-state index in [0.29, 0.717) is 0 Å². The molecule has 0 saturated heterocycles. The van der Waals surface area contributed by atoms with Gasteiger partial charge in [0, 0.05) is 23.9 Å². The van der Waals surface area contributed by atoms with E-state index in [-0.39, 0.29) is 29.5 Å². The Morgan fingerprint density at radius 3 is 2.70 bits per heavy atom. The number of rotatable bonds is 5. The third-order valence-electron chi connectivity index (χ3n) is 3.56. The maximum atomic E-state index is 12.3. The van der Waals surface area contributed by atoms with Gasteiger partial charge < -0.3 is 20.2 Å². The minimum atomic E-state index is -0.735. The van der Waals surface area contributed by atoms with Crippen molar-refractivity contribution in [2.75, 3.05) is 23.4 Å². The smallest absolute Gasteiger partial charge is 0.366 e. The van der Waals surface area contributed by atoms with Crippen molar-refractivity contribution in [1.29, 1.82) is 0 Å². The Balaban J connectivity index is 1.81. The summed E-state index contributed by atoms with van der Waals surface area (Å²) in [6.07, 6.45) is 0. The maximum absolute atomic E-state index is 12.3. The molecule has 138 valence electrons. The molecule has 27 heavy (non-hydrogen) atoms. The largest absolute Gasteiger partial charge is 0.477 e. The Bertz CT molecular complexity index is 961. The normalized spacial score (nSPS) is 12.7. The predicted octanol–water partition coefficient (Wildman–Crippen LogP) is 1.26. The second-order valence-corrected chi connectivity index (χ2v) is 5.37. The molecule has 1 aliphatic heterocycles. The van der Waals surface area contributed by atoms with Gasteiger partial charge in [-0.05, 0) is 22.0 Å². The van der Waals surface area contributed by atoms with Crippen LogP contribution in [0.5, 0.6) is 5.75 Å². The van der Waals surface area contributed by atoms with Gasteiger partial charge in [-0.15, -0.1) is 0 Å². The third-order valence-corrected chi connectivity index (χ3v) is 3.56. The van der Waals surface area contributed by atoms with Crippen LogP contribution in [0.1, 0.15) is 0 Å². The summed E-state index contributed by atoms with van der Waals surface area (Å²) >= 11 is 0. The van der Waals surface area contributed by atoms with Crippen molar-refractivity contribution < 1.29 is 24.2 Å². The highest BCUT2D eigenvalue weighted by Crippen LogP contribution is 2.31. The van der Waals surface area contributed by atoms with Gasteiger partial charge in [-0.25, -0.2) is 0 Å². The molecule has 0 atom stereocenters. The Labute approximate surface area is 150 Å². The number of nitro groups is 2. The van der Waals surface area contributed by atoms with Crippen LogP contribution in [-0.2, 0) is 9.59 Å². The van der Waals surface area contributed by atoms with Crippen LogP contribution in [0.4, 0.5) is 23.0 Å². The molecule has 0 aliphatic carbocycles. The summed E-state index contributed by atoms with van der Waals surface area (Å²) in [5, 5.41) is 24.1. The Kier molecular flexibility index (Phi) is 4.62. The zero-order valence-electron chi connectivity index (χ0n) is 13.5. The second kappa shape index (κ2) is 7.03. The highest BCUT2D eigenvalue weighted by molar-refractivity contribution is 6.04. The quantitative estimate of drug-likeness (QED) is 0.606. The SMILES string of the molecule is O=C(CN1C(=O)COc2ccc([N+](=O)[O-])nc21)Nc1cccc([N+](=O)[O-])c1. The summed E-state index contributed by atoms with van der Waals surface area (Å²) in [4.78, 5) is 49.4. The predicted molar refractivity (Wildman–Crippen MR) is 90.5 cm³/mol. The third kappa shape index (κ3) is 3.78. The van der Waals surface area contributed by atoms with Crippen LogP contribution >= 0.6 is 0 Å². The lowest BCUT2D eigenvalue weighted by molar-refractivity contribution is -0.389. The van der Waals surface area contributed by atoms with E-state index in [0.717, 1.165) is 17.0 Å². The lowest BCUT2D eigenvalue weighted by Crippen LogP contribution is -2.44. The molecule has 1 aromatic heterocycles. The number of hydrogen-bond acceptors (Lipinski definition) is 8. The van der Waals surface area contributed by atoms with Crippen LogP contribution in [0.3, 0.4) is 0 Å². The van der Waals surface area contributed by atoms with Gasteiger partial charge in [-0.3, -0.25) is 24.6 Å². The van der Waals surface area contributed by atoms with Gasteiger partial charge in [-0.1, -0.05) is 6.07 Å². The van der Waals surface area contributed by atoms with E-state index < -0.39 is 34.0 Å². The number of hydrogen-bond donors (Lipinski definition) is 1. The fourth-order valence-electron chi connectivity index (χ4n) is 2.37. The number of nitrogens with zero attached hydrogens (tertiary/aromatic N) is 4. The van der Waals surface area contributed by atoms with Crippen molar-refractivity contribution in [2.24, 2.45) is 0 Å². The molecule has 3 rings (SSSR count). The minimum Gasteiger partial charge on any atom is -0.477 e. The first-order valence-electron chi connectivity index (χ1n) is 7.48. The highest BCUT2D eigenvalue weighted by atomic mass is 16.6. The molecule has 1 N–H and O–H groups in total. The Hall–Kier alpha value is -4.09. The van der Waals surface area contributed by atoms with E-state index in [1.54, 1.807) is 0 Å². The first-order chi connectivity index (χ1) is 12.8. The first kappa shape index (κ1) is 17.7. The monoisotopic (exact) mass is 373 g/mol. The zero-order chi connectivity index (χ0) is 19.6. The summed E-state index contributed by atoms with van der Waals surface area (Å²) in [5.74, 6) is -1.79. The summed E-state index contributed by atoms with van der Waals surface area (Å²) in [5.41, 5.74) is -0.0416. The van der Waals surface area contributed by atoms with Crippen LogP contribution in [0, 0.1) is 20.2 Å². The van der Waals surface area contributed by atoms with Crippen LogP contribution in [-0.4, -0.2) is 39.8 Å². The summed E-state index contributed by atoms with van der Waals surface area (Å²) < 4.78 is 5.16. The van der Waals surface area contributed by atoms with E-state index in [4.69, 9.17) is 4.74 Å². The number of fused-ring (bicyclic) bond motifs is 1. The molecule has 1 aliphatic rings. The number of pyridine rings is 1. The number of non-ortho nitro benzene ring substituents is 1. The van der Waals surface area contributed by atoms with E-state index in [1.165, 1.54) is 24.3 Å². The number of ether oxygens (including phenoxy) is 1. The second-order valence-electron chi connectivity index (χ2n) is 5.37. The van der Waals surface area contributed by atoms with Gasteiger partial charge in [0.2, 0.25) is 5.91 Å². The number of nitrogens with one attached hydrogen (secondary N) is 1. The fourth-order valence-corrected chi connectivity index (χ4v) is 2.37. The number of carbonyl (C=O) groups excluding carboxylic acids is 2. The molecular weight excluding hydrogens is 362 g/mol. The van der Waals surface area contributed by atoms with Crippen molar-refractivity contribution >= 4 is 34.8 Å². The summed E-state index contributed by atoms with van der Waals surface area (Å²) in [6, 6.07) is 7.68. The lowest BCUT2D eigenvalue weighted by Gasteiger charge is -2.24. The summed E-state index contributed by atoms with van der Waals surface area (Å²) in [6.45, 7) is -0.845. The average Bonchev–Trinajstić information content (AvgIpc) is 2.63. The standard InChI is InChI=1S/C15H11N5O7/c21-13(16-9-2-1-3-10(6-9)19(23)24)7-18-14(22)8-27-11-4-5-12(20(25)26)17-15(11)18/h1-6H,7-8H2,(H,16,21). The van der Waals surface area contributed by atoms with E-state index in [2.05, 4.69) is 10.3 Å². The molecule has 0 bridgehead atoms. The molecule has 0 spiro atoms. The molecule has 12 nitrogen and oxygen atoms in total. The van der Waals surface area contributed by atoms with Crippen LogP contribution < -0.4 is 15.0 Å². The molecular formula is C15H11N5O7. The van der Waals surface area contributed by atoms with Crippen molar-refractivity contribution in [3.8, 4) is 5.75 Å². The number of aromatic nitrogens is 1. The minimum absolute atomic E-state index is 0.128. The summed E-state index contributed by atoms with van der Waals surface area (Å²) in [7, 11) is 0. The molecule has 2 amide bonds. The Morgan fingerprint density at radius 1 is 1.22 bits per heavy atom. The number of anilines is 2. The Morgan fingerprint density at radius 2 is 2.00 bits per heavy atom. The molecule has 2 aromatic rings. The van der Waals surface area contributed by atoms with Gasteiger partial charge in [0.25, 0.3) is 17.4 Å². The van der Waals surface area contributed by atoms with Crippen LogP contribution in [0.25, 0.3) is 0 Å². The maximum Gasteiger partial charge on any atom is 0.366 e. The van der Waals surface area contributed by atoms with Crippen molar-refractivity contribution in [2.45, 2.75) is 0 Å². The highest BCUT2D eigenvalue weighted by Gasteiger charge is 2.33. The number of nitro benzene ring substituents is 1. The van der Waals surface area contributed by atoms with Crippen LogP contribution in [0.15, 0.2) is 36.4 Å². The van der Waals surface area contributed by atoms with Gasteiger partial charge in [-0.2, -0.15) is 0 Å².